The molecule has 1 aromatic carbocycles. The average molecular weight is 476 g/mol. The van der Waals surface area contributed by atoms with Crippen LogP contribution in [-0.4, -0.2) is 65.4 Å². The van der Waals surface area contributed by atoms with Gasteiger partial charge in [-0.2, -0.15) is 0 Å². The summed E-state index contributed by atoms with van der Waals surface area (Å²) in [5.74, 6) is 0.403. The van der Waals surface area contributed by atoms with Gasteiger partial charge in [0.2, 0.25) is 11.5 Å². The van der Waals surface area contributed by atoms with Gasteiger partial charge in [0.05, 0.1) is 12.6 Å². The van der Waals surface area contributed by atoms with Gasteiger partial charge in [-0.15, -0.1) is 0 Å². The molecule has 3 aromatic rings. The Morgan fingerprint density at radius 2 is 2.27 bits per heavy atom. The van der Waals surface area contributed by atoms with E-state index in [-0.39, 0.29) is 29.6 Å². The van der Waals surface area contributed by atoms with Gasteiger partial charge < -0.3 is 19.6 Å². The van der Waals surface area contributed by atoms with E-state index in [1.54, 1.807) is 6.07 Å². The maximum Gasteiger partial charge on any atom is 0.294 e. The highest BCUT2D eigenvalue weighted by Crippen LogP contribution is 2.27. The molecule has 8 nitrogen and oxygen atoms in total. The largest absolute Gasteiger partial charge is 0.449 e. The highest BCUT2D eigenvalue weighted by Gasteiger charge is 2.30. The lowest BCUT2D eigenvalue weighted by Gasteiger charge is -2.24. The van der Waals surface area contributed by atoms with E-state index in [1.165, 1.54) is 0 Å². The van der Waals surface area contributed by atoms with E-state index in [2.05, 4.69) is 55.1 Å². The number of rotatable bonds is 7. The first-order chi connectivity index (χ1) is 14.4. The molecule has 0 spiro atoms. The number of aromatic amines is 1. The molecule has 30 heavy (non-hydrogen) atoms. The Morgan fingerprint density at radius 1 is 1.43 bits per heavy atom. The number of fused-ring (bicyclic) bond motifs is 3. The summed E-state index contributed by atoms with van der Waals surface area (Å²) in [6, 6.07) is 5.41. The molecule has 9 heteroatoms. The third-order valence-corrected chi connectivity index (χ3v) is 5.97. The van der Waals surface area contributed by atoms with Crippen LogP contribution in [0.15, 0.2) is 31.9 Å². The van der Waals surface area contributed by atoms with E-state index in [0.29, 0.717) is 16.9 Å². The SMILES string of the molecule is CN(C)CCCN1CCC[C@H]1C(=O)NCc1nc2c(oc3ccc(Br)cc32)c(=O)[nH]1. The third-order valence-electron chi connectivity index (χ3n) is 5.48. The van der Waals surface area contributed by atoms with Crippen LogP contribution in [0.4, 0.5) is 0 Å². The van der Waals surface area contributed by atoms with E-state index < -0.39 is 0 Å². The second-order valence-electron chi connectivity index (χ2n) is 8.00. The summed E-state index contributed by atoms with van der Waals surface area (Å²) in [5, 5.41) is 3.71. The maximum absolute atomic E-state index is 12.8. The van der Waals surface area contributed by atoms with Crippen LogP contribution in [0.25, 0.3) is 22.1 Å². The van der Waals surface area contributed by atoms with Crippen LogP contribution < -0.4 is 10.9 Å². The second kappa shape index (κ2) is 8.87. The van der Waals surface area contributed by atoms with Gasteiger partial charge in [-0.3, -0.25) is 14.5 Å². The maximum atomic E-state index is 12.8. The van der Waals surface area contributed by atoms with E-state index in [0.717, 1.165) is 48.8 Å². The number of amides is 1. The van der Waals surface area contributed by atoms with Crippen molar-refractivity contribution < 1.29 is 9.21 Å². The normalized spacial score (nSPS) is 17.4. The van der Waals surface area contributed by atoms with Crippen molar-refractivity contribution in [1.29, 1.82) is 0 Å². The fourth-order valence-corrected chi connectivity index (χ4v) is 4.39. The molecule has 0 aliphatic carbocycles. The molecule has 1 saturated heterocycles. The summed E-state index contributed by atoms with van der Waals surface area (Å²) in [6.45, 7) is 3.03. The molecule has 1 amide bonds. The standard InChI is InChI=1S/C21H26BrN5O3/c1-26(2)8-4-10-27-9-3-5-15(27)20(28)23-12-17-24-18-14-11-13(22)6-7-16(14)30-19(18)21(29)25-17/h6-7,11,15H,3-5,8-10,12H2,1-2H3,(H,23,28)(H,24,25,29)/t15-/m0/s1. The zero-order chi connectivity index (χ0) is 21.3. The quantitative estimate of drug-likeness (QED) is 0.544. The highest BCUT2D eigenvalue weighted by atomic mass is 79.9. The third kappa shape index (κ3) is 4.43. The molecule has 2 aromatic heterocycles. The topological polar surface area (TPSA) is 94.5 Å². The number of H-pyrrole nitrogens is 1. The van der Waals surface area contributed by atoms with Crippen molar-refractivity contribution in [3.63, 3.8) is 0 Å². The van der Waals surface area contributed by atoms with Crippen LogP contribution in [0.1, 0.15) is 25.1 Å². The minimum atomic E-state index is -0.345. The van der Waals surface area contributed by atoms with Crippen LogP contribution in [0, 0.1) is 0 Å². The summed E-state index contributed by atoms with van der Waals surface area (Å²) < 4.78 is 6.52. The Balaban J connectivity index is 1.46. The molecule has 1 aliphatic rings. The van der Waals surface area contributed by atoms with Gasteiger partial charge >= 0.3 is 0 Å². The summed E-state index contributed by atoms with van der Waals surface area (Å²) in [5.41, 5.74) is 0.959. The fourth-order valence-electron chi connectivity index (χ4n) is 4.03. The Kier molecular flexibility index (Phi) is 6.21. The number of likely N-dealkylation sites (tertiary alicyclic amines) is 1. The Hall–Kier alpha value is -2.23. The summed E-state index contributed by atoms with van der Waals surface area (Å²) in [7, 11) is 4.11. The van der Waals surface area contributed by atoms with E-state index >= 15 is 0 Å². The lowest BCUT2D eigenvalue weighted by atomic mass is 10.2. The first kappa shape index (κ1) is 21.0. The predicted molar refractivity (Wildman–Crippen MR) is 119 cm³/mol. The second-order valence-corrected chi connectivity index (χ2v) is 8.92. The lowest BCUT2D eigenvalue weighted by Crippen LogP contribution is -2.44. The molecule has 1 fully saturated rings. The molecular weight excluding hydrogens is 450 g/mol. The number of halogens is 1. The van der Waals surface area contributed by atoms with Crippen LogP contribution >= 0.6 is 15.9 Å². The number of carbonyl (C=O) groups is 1. The van der Waals surface area contributed by atoms with Gasteiger partial charge in [-0.25, -0.2) is 4.98 Å². The number of nitrogens with zero attached hydrogens (tertiary/aromatic N) is 3. The molecule has 2 N–H and O–H groups in total. The van der Waals surface area contributed by atoms with Gasteiger partial charge in [0, 0.05) is 16.4 Å². The van der Waals surface area contributed by atoms with E-state index in [1.807, 2.05) is 12.1 Å². The molecule has 0 saturated carbocycles. The molecule has 1 atom stereocenters. The molecule has 0 unspecified atom stereocenters. The van der Waals surface area contributed by atoms with E-state index in [9.17, 15) is 9.59 Å². The number of nitrogens with one attached hydrogen (secondary N) is 2. The molecular formula is C21H26BrN5O3. The van der Waals surface area contributed by atoms with Gasteiger partial charge in [-0.05, 0) is 64.6 Å². The smallest absolute Gasteiger partial charge is 0.294 e. The van der Waals surface area contributed by atoms with E-state index in [4.69, 9.17) is 4.42 Å². The number of hydrogen-bond donors (Lipinski definition) is 2. The monoisotopic (exact) mass is 475 g/mol. The van der Waals surface area contributed by atoms with Gasteiger partial charge in [0.1, 0.15) is 16.9 Å². The van der Waals surface area contributed by atoms with Crippen molar-refractivity contribution in [2.24, 2.45) is 0 Å². The van der Waals surface area contributed by atoms with Crippen molar-refractivity contribution in [1.82, 2.24) is 25.1 Å². The first-order valence-electron chi connectivity index (χ1n) is 10.2. The number of aromatic nitrogens is 2. The van der Waals surface area contributed by atoms with Crippen LogP contribution in [0.2, 0.25) is 0 Å². The summed E-state index contributed by atoms with van der Waals surface area (Å²) >= 11 is 3.44. The van der Waals surface area contributed by atoms with Gasteiger partial charge in [0.25, 0.3) is 5.56 Å². The van der Waals surface area contributed by atoms with Crippen molar-refractivity contribution in [2.45, 2.75) is 31.8 Å². The Morgan fingerprint density at radius 3 is 3.07 bits per heavy atom. The average Bonchev–Trinajstić information content (AvgIpc) is 3.31. The minimum absolute atomic E-state index is 0.0140. The van der Waals surface area contributed by atoms with Crippen molar-refractivity contribution >= 4 is 43.9 Å². The Bertz CT molecular complexity index is 1120. The van der Waals surface area contributed by atoms with Crippen LogP contribution in [0.5, 0.6) is 0 Å². The molecule has 3 heterocycles. The number of carbonyl (C=O) groups excluding carboxylic acids is 1. The molecule has 1 aliphatic heterocycles. The predicted octanol–water partition coefficient (Wildman–Crippen LogP) is 2.46. The van der Waals surface area contributed by atoms with Crippen LogP contribution in [0.3, 0.4) is 0 Å². The first-order valence-corrected chi connectivity index (χ1v) is 11.0. The zero-order valence-corrected chi connectivity index (χ0v) is 18.8. The zero-order valence-electron chi connectivity index (χ0n) is 17.2. The molecule has 4 rings (SSSR count). The fraction of sp³-hybridized carbons (Fsp3) is 0.476. The van der Waals surface area contributed by atoms with Gasteiger partial charge in [0.15, 0.2) is 0 Å². The lowest BCUT2D eigenvalue weighted by molar-refractivity contribution is -0.125. The van der Waals surface area contributed by atoms with Crippen molar-refractivity contribution in [3.8, 4) is 0 Å². The number of furan rings is 1. The molecule has 0 radical (unpaired) electrons. The van der Waals surface area contributed by atoms with Crippen LogP contribution in [-0.2, 0) is 11.3 Å². The van der Waals surface area contributed by atoms with Crippen molar-refractivity contribution in [3.05, 3.63) is 38.9 Å². The highest BCUT2D eigenvalue weighted by molar-refractivity contribution is 9.10. The number of hydrogen-bond acceptors (Lipinski definition) is 6. The van der Waals surface area contributed by atoms with Crippen molar-refractivity contribution in [2.75, 3.05) is 33.7 Å². The summed E-state index contributed by atoms with van der Waals surface area (Å²) in [4.78, 5) is 36.9. The van der Waals surface area contributed by atoms with Gasteiger partial charge in [-0.1, -0.05) is 15.9 Å². The Labute approximate surface area is 182 Å². The number of benzene rings is 1. The minimum Gasteiger partial charge on any atom is -0.449 e. The summed E-state index contributed by atoms with van der Waals surface area (Å²) in [6.07, 6.45) is 2.92. The molecule has 0 bridgehead atoms. The molecule has 160 valence electrons.